The molecule has 0 saturated heterocycles. The van der Waals surface area contributed by atoms with E-state index in [1.54, 1.807) is 6.07 Å². The Balaban J connectivity index is 2.04. The first kappa shape index (κ1) is 15.4. The molecule has 1 N–H and O–H groups in total. The van der Waals surface area contributed by atoms with Gasteiger partial charge in [0.15, 0.2) is 12.4 Å². The van der Waals surface area contributed by atoms with Crippen LogP contribution in [0.2, 0.25) is 0 Å². The summed E-state index contributed by atoms with van der Waals surface area (Å²) >= 11 is 0. The van der Waals surface area contributed by atoms with Gasteiger partial charge in [-0.05, 0) is 18.2 Å². The highest BCUT2D eigenvalue weighted by Gasteiger charge is 2.09. The lowest BCUT2D eigenvalue weighted by molar-refractivity contribution is 0.240. The number of nitrogens with zero attached hydrogens (tertiary/aromatic N) is 2. The monoisotopic (exact) mass is 293 g/mol. The Morgan fingerprint density at radius 2 is 2.19 bits per heavy atom. The van der Waals surface area contributed by atoms with Gasteiger partial charge in [-0.25, -0.2) is 4.39 Å². The smallest absolute Gasteiger partial charge is 0.264 e. The third-order valence-corrected chi connectivity index (χ3v) is 2.90. The third kappa shape index (κ3) is 4.53. The number of aryl methyl sites for hydroxylation is 1. The molecule has 2 rings (SSSR count). The first-order valence-electron chi connectivity index (χ1n) is 7.04. The highest BCUT2D eigenvalue weighted by Crippen LogP contribution is 2.21. The van der Waals surface area contributed by atoms with Gasteiger partial charge in [-0.15, -0.1) is 0 Å². The van der Waals surface area contributed by atoms with E-state index in [2.05, 4.69) is 15.5 Å². The Hall–Kier alpha value is -1.95. The maximum absolute atomic E-state index is 13.4. The van der Waals surface area contributed by atoms with Crippen LogP contribution in [0.15, 0.2) is 22.7 Å². The summed E-state index contributed by atoms with van der Waals surface area (Å²) in [4.78, 5) is 4.17. The lowest BCUT2D eigenvalue weighted by atomic mass is 10.2. The summed E-state index contributed by atoms with van der Waals surface area (Å²) < 4.78 is 24.1. The van der Waals surface area contributed by atoms with Gasteiger partial charge >= 0.3 is 0 Å². The van der Waals surface area contributed by atoms with Crippen LogP contribution < -0.4 is 10.1 Å². The zero-order chi connectivity index (χ0) is 15.2. The Bertz CT molecular complexity index is 584. The average molecular weight is 293 g/mol. The molecule has 1 aromatic carbocycles. The summed E-state index contributed by atoms with van der Waals surface area (Å²) in [6, 6.07) is 4.77. The summed E-state index contributed by atoms with van der Waals surface area (Å²) in [5.41, 5.74) is 0.763. The molecule has 0 aliphatic rings. The Labute approximate surface area is 123 Å². The first-order valence-corrected chi connectivity index (χ1v) is 7.04. The van der Waals surface area contributed by atoms with E-state index in [0.717, 1.165) is 5.56 Å². The number of benzene rings is 1. The van der Waals surface area contributed by atoms with Crippen LogP contribution in [0, 0.1) is 5.82 Å². The molecule has 21 heavy (non-hydrogen) atoms. The van der Waals surface area contributed by atoms with Crippen molar-refractivity contribution in [3.05, 3.63) is 41.3 Å². The summed E-state index contributed by atoms with van der Waals surface area (Å²) in [7, 11) is 0. The van der Waals surface area contributed by atoms with Gasteiger partial charge < -0.3 is 14.6 Å². The molecule has 0 amide bonds. The van der Waals surface area contributed by atoms with E-state index >= 15 is 0 Å². The van der Waals surface area contributed by atoms with E-state index in [0.29, 0.717) is 36.5 Å². The van der Waals surface area contributed by atoms with E-state index < -0.39 is 0 Å². The highest BCUT2D eigenvalue weighted by atomic mass is 19.1. The summed E-state index contributed by atoms with van der Waals surface area (Å²) in [5, 5.41) is 7.05. The van der Waals surface area contributed by atoms with Gasteiger partial charge in [0.25, 0.3) is 5.89 Å². The second-order valence-corrected chi connectivity index (χ2v) is 5.03. The summed E-state index contributed by atoms with van der Waals surface area (Å²) in [6.45, 7) is 6.72. The zero-order valence-electron chi connectivity index (χ0n) is 12.5. The fourth-order valence-electron chi connectivity index (χ4n) is 1.77. The van der Waals surface area contributed by atoms with Gasteiger partial charge in [0, 0.05) is 24.6 Å². The van der Waals surface area contributed by atoms with Crippen LogP contribution in [0.4, 0.5) is 4.39 Å². The molecule has 5 nitrogen and oxygen atoms in total. The number of ether oxygens (including phenoxy) is 1. The summed E-state index contributed by atoms with van der Waals surface area (Å²) in [6.07, 6.45) is 0.712. The number of nitrogens with one attached hydrogen (secondary N) is 1. The van der Waals surface area contributed by atoms with E-state index in [-0.39, 0.29) is 12.4 Å². The minimum Gasteiger partial charge on any atom is -0.483 e. The predicted octanol–water partition coefficient (Wildman–Crippen LogP) is 2.85. The van der Waals surface area contributed by atoms with Crippen molar-refractivity contribution in [1.82, 2.24) is 15.5 Å². The second kappa shape index (κ2) is 7.17. The molecule has 0 unspecified atom stereocenters. The molecule has 0 bridgehead atoms. The minimum atomic E-state index is -0.283. The Morgan fingerprint density at radius 3 is 2.86 bits per heavy atom. The van der Waals surface area contributed by atoms with Crippen molar-refractivity contribution in [2.75, 3.05) is 0 Å². The van der Waals surface area contributed by atoms with Crippen LogP contribution in [-0.2, 0) is 19.6 Å². The van der Waals surface area contributed by atoms with Crippen LogP contribution in [0.25, 0.3) is 0 Å². The fraction of sp³-hybridized carbons (Fsp3) is 0.467. The average Bonchev–Trinajstić information content (AvgIpc) is 2.92. The topological polar surface area (TPSA) is 60.2 Å². The molecule has 0 aliphatic heterocycles. The van der Waals surface area contributed by atoms with Crippen molar-refractivity contribution in [1.29, 1.82) is 0 Å². The van der Waals surface area contributed by atoms with Crippen molar-refractivity contribution >= 4 is 0 Å². The molecular formula is C15H20FN3O2. The largest absolute Gasteiger partial charge is 0.483 e. The molecular weight excluding hydrogens is 273 g/mol. The van der Waals surface area contributed by atoms with Crippen molar-refractivity contribution in [3.8, 4) is 5.75 Å². The van der Waals surface area contributed by atoms with Gasteiger partial charge in [-0.1, -0.05) is 25.9 Å². The van der Waals surface area contributed by atoms with Gasteiger partial charge in [0.2, 0.25) is 0 Å². The van der Waals surface area contributed by atoms with Crippen LogP contribution in [0.5, 0.6) is 5.75 Å². The predicted molar refractivity (Wildman–Crippen MR) is 76.4 cm³/mol. The van der Waals surface area contributed by atoms with E-state index in [1.807, 2.05) is 20.8 Å². The second-order valence-electron chi connectivity index (χ2n) is 5.03. The van der Waals surface area contributed by atoms with Crippen molar-refractivity contribution in [2.45, 2.75) is 46.4 Å². The number of halogens is 1. The van der Waals surface area contributed by atoms with Gasteiger partial charge in [0.05, 0.1) is 0 Å². The standard InChI is InChI=1S/C15H20FN3O2/c1-4-14-18-15(21-19-14)9-20-13-6-5-12(16)7-11(13)8-17-10(2)3/h5-7,10,17H,4,8-9H2,1-3H3. The number of rotatable bonds is 7. The Morgan fingerprint density at radius 1 is 1.38 bits per heavy atom. The van der Waals surface area contributed by atoms with Gasteiger partial charge in [-0.2, -0.15) is 4.98 Å². The van der Waals surface area contributed by atoms with E-state index in [9.17, 15) is 4.39 Å². The number of aromatic nitrogens is 2. The normalized spacial score (nSPS) is 11.1. The van der Waals surface area contributed by atoms with Gasteiger partial charge in [0.1, 0.15) is 11.6 Å². The van der Waals surface area contributed by atoms with Crippen molar-refractivity contribution in [2.24, 2.45) is 0 Å². The van der Waals surface area contributed by atoms with Crippen LogP contribution >= 0.6 is 0 Å². The van der Waals surface area contributed by atoms with E-state index in [1.165, 1.54) is 12.1 Å². The molecule has 1 heterocycles. The van der Waals surface area contributed by atoms with Crippen molar-refractivity contribution < 1.29 is 13.7 Å². The van der Waals surface area contributed by atoms with Crippen LogP contribution in [0.1, 0.15) is 38.0 Å². The molecule has 6 heteroatoms. The quantitative estimate of drug-likeness (QED) is 0.850. The SMILES string of the molecule is CCc1noc(COc2ccc(F)cc2CNC(C)C)n1. The molecule has 0 saturated carbocycles. The maximum atomic E-state index is 13.4. The molecule has 0 radical (unpaired) electrons. The fourth-order valence-corrected chi connectivity index (χ4v) is 1.77. The molecule has 0 spiro atoms. The molecule has 0 fully saturated rings. The van der Waals surface area contributed by atoms with Crippen molar-refractivity contribution in [3.63, 3.8) is 0 Å². The molecule has 2 aromatic rings. The molecule has 0 aliphatic carbocycles. The van der Waals surface area contributed by atoms with Crippen LogP contribution in [-0.4, -0.2) is 16.2 Å². The first-order chi connectivity index (χ1) is 10.1. The molecule has 114 valence electrons. The lowest BCUT2D eigenvalue weighted by Gasteiger charge is -2.13. The maximum Gasteiger partial charge on any atom is 0.264 e. The zero-order valence-corrected chi connectivity index (χ0v) is 12.5. The molecule has 0 atom stereocenters. The lowest BCUT2D eigenvalue weighted by Crippen LogP contribution is -2.22. The number of hydrogen-bond acceptors (Lipinski definition) is 5. The van der Waals surface area contributed by atoms with E-state index in [4.69, 9.17) is 9.26 Å². The van der Waals surface area contributed by atoms with Crippen LogP contribution in [0.3, 0.4) is 0 Å². The third-order valence-electron chi connectivity index (χ3n) is 2.90. The van der Waals surface area contributed by atoms with Gasteiger partial charge in [-0.3, -0.25) is 0 Å². The summed E-state index contributed by atoms with van der Waals surface area (Å²) in [5.74, 6) is 1.39. The Kier molecular flexibility index (Phi) is 5.27. The number of hydrogen-bond donors (Lipinski definition) is 1. The highest BCUT2D eigenvalue weighted by molar-refractivity contribution is 5.34. The molecule has 1 aromatic heterocycles. The minimum absolute atomic E-state index is 0.174.